The second kappa shape index (κ2) is 5.17. The van der Waals surface area contributed by atoms with Crippen molar-refractivity contribution >= 4 is 5.97 Å². The van der Waals surface area contributed by atoms with E-state index < -0.39 is 0 Å². The fourth-order valence-electron chi connectivity index (χ4n) is 2.94. The molecule has 1 aliphatic rings. The van der Waals surface area contributed by atoms with Crippen molar-refractivity contribution in [1.29, 1.82) is 0 Å². The molecule has 1 saturated carbocycles. The molecule has 0 aromatic heterocycles. The maximum absolute atomic E-state index is 11.6. The lowest BCUT2D eigenvalue weighted by Crippen LogP contribution is -2.50. The van der Waals surface area contributed by atoms with Crippen molar-refractivity contribution in [2.75, 3.05) is 13.7 Å². The number of esters is 1. The quantitative estimate of drug-likeness (QED) is 0.750. The summed E-state index contributed by atoms with van der Waals surface area (Å²) in [5.74, 6) is -0.0745. The predicted molar refractivity (Wildman–Crippen MR) is 65.3 cm³/mol. The highest BCUT2D eigenvalue weighted by atomic mass is 16.5. The second-order valence-corrected chi connectivity index (χ2v) is 5.71. The minimum atomic E-state index is -0.0745. The van der Waals surface area contributed by atoms with E-state index in [4.69, 9.17) is 4.74 Å². The summed E-state index contributed by atoms with van der Waals surface area (Å²) in [6.07, 6.45) is 5.06. The maximum atomic E-state index is 11.6. The number of carbonyl (C=O) groups is 1. The van der Waals surface area contributed by atoms with Crippen LogP contribution in [0.5, 0.6) is 0 Å². The van der Waals surface area contributed by atoms with Gasteiger partial charge in [-0.05, 0) is 38.6 Å². The van der Waals surface area contributed by atoms with Crippen molar-refractivity contribution in [3.63, 3.8) is 0 Å². The molecule has 0 spiro atoms. The van der Waals surface area contributed by atoms with Crippen LogP contribution in [0.2, 0.25) is 0 Å². The van der Waals surface area contributed by atoms with Gasteiger partial charge in [0.1, 0.15) is 0 Å². The highest BCUT2D eigenvalue weighted by Crippen LogP contribution is 2.42. The van der Waals surface area contributed by atoms with Crippen molar-refractivity contribution in [2.45, 2.75) is 58.4 Å². The normalized spacial score (nSPS) is 28.8. The Labute approximate surface area is 98.9 Å². The summed E-state index contributed by atoms with van der Waals surface area (Å²) < 4.78 is 5.06. The zero-order valence-electron chi connectivity index (χ0n) is 11.1. The minimum absolute atomic E-state index is 0.0476. The van der Waals surface area contributed by atoms with Gasteiger partial charge in [0.25, 0.3) is 0 Å². The molecule has 1 aliphatic carbocycles. The third-order valence-electron chi connectivity index (χ3n) is 3.64. The number of carbonyl (C=O) groups excluding carboxylic acids is 1. The Kier molecular flexibility index (Phi) is 4.36. The zero-order valence-corrected chi connectivity index (χ0v) is 11.1. The summed E-state index contributed by atoms with van der Waals surface area (Å²) in [4.78, 5) is 11.6. The van der Waals surface area contributed by atoms with E-state index in [1.165, 1.54) is 12.8 Å². The number of hydrogen-bond acceptors (Lipinski definition) is 3. The fourth-order valence-corrected chi connectivity index (χ4v) is 2.94. The first-order chi connectivity index (χ1) is 7.43. The summed E-state index contributed by atoms with van der Waals surface area (Å²) in [6.45, 7) is 6.89. The summed E-state index contributed by atoms with van der Waals surface area (Å²) in [5.41, 5.74) is 0.280. The summed E-state index contributed by atoms with van der Waals surface area (Å²) in [7, 11) is 1.96. The Morgan fingerprint density at radius 2 is 2.06 bits per heavy atom. The largest absolute Gasteiger partial charge is 0.466 e. The van der Waals surface area contributed by atoms with E-state index in [0.717, 1.165) is 12.8 Å². The Hall–Kier alpha value is -0.570. The van der Waals surface area contributed by atoms with Crippen LogP contribution in [0.1, 0.15) is 52.9 Å². The van der Waals surface area contributed by atoms with Crippen LogP contribution in [0.4, 0.5) is 0 Å². The van der Waals surface area contributed by atoms with Gasteiger partial charge in [-0.1, -0.05) is 20.3 Å². The lowest BCUT2D eigenvalue weighted by Gasteiger charge is -2.44. The summed E-state index contributed by atoms with van der Waals surface area (Å²) >= 11 is 0. The molecule has 0 bridgehead atoms. The summed E-state index contributed by atoms with van der Waals surface area (Å²) in [6, 6.07) is 0. The minimum Gasteiger partial charge on any atom is -0.466 e. The Bertz CT molecular complexity index is 250. The van der Waals surface area contributed by atoms with Crippen LogP contribution in [-0.2, 0) is 9.53 Å². The monoisotopic (exact) mass is 227 g/mol. The highest BCUT2D eigenvalue weighted by Gasteiger charge is 2.40. The number of hydrogen-bond donors (Lipinski definition) is 1. The molecule has 0 radical (unpaired) electrons. The standard InChI is InChI=1S/C13H25NO2/c1-5-16-11(15)9-13(14-4)8-6-7-12(2,3)10-13/h14H,5-10H2,1-4H3. The Morgan fingerprint density at radius 3 is 2.56 bits per heavy atom. The van der Waals surface area contributed by atoms with Crippen LogP contribution in [0.15, 0.2) is 0 Å². The van der Waals surface area contributed by atoms with Crippen LogP contribution in [0.25, 0.3) is 0 Å². The molecule has 1 atom stereocenters. The van der Waals surface area contributed by atoms with Crippen molar-refractivity contribution < 1.29 is 9.53 Å². The highest BCUT2D eigenvalue weighted by molar-refractivity contribution is 5.71. The molecule has 94 valence electrons. The molecule has 0 heterocycles. The van der Waals surface area contributed by atoms with Gasteiger partial charge < -0.3 is 10.1 Å². The average Bonchev–Trinajstić information content (AvgIpc) is 2.16. The topological polar surface area (TPSA) is 38.3 Å². The van der Waals surface area contributed by atoms with Crippen LogP contribution in [0, 0.1) is 5.41 Å². The third-order valence-corrected chi connectivity index (χ3v) is 3.64. The van der Waals surface area contributed by atoms with E-state index in [-0.39, 0.29) is 11.5 Å². The van der Waals surface area contributed by atoms with Gasteiger partial charge in [0.2, 0.25) is 0 Å². The van der Waals surface area contributed by atoms with Gasteiger partial charge in [0.15, 0.2) is 0 Å². The van der Waals surface area contributed by atoms with E-state index in [0.29, 0.717) is 18.4 Å². The van der Waals surface area contributed by atoms with E-state index in [9.17, 15) is 4.79 Å². The van der Waals surface area contributed by atoms with Crippen LogP contribution >= 0.6 is 0 Å². The average molecular weight is 227 g/mol. The van der Waals surface area contributed by atoms with Gasteiger partial charge in [0, 0.05) is 5.54 Å². The first-order valence-electron chi connectivity index (χ1n) is 6.28. The van der Waals surface area contributed by atoms with Gasteiger partial charge in [-0.15, -0.1) is 0 Å². The molecule has 1 unspecified atom stereocenters. The first kappa shape index (κ1) is 13.5. The van der Waals surface area contributed by atoms with Crippen molar-refractivity contribution in [2.24, 2.45) is 5.41 Å². The number of nitrogens with one attached hydrogen (secondary N) is 1. The second-order valence-electron chi connectivity index (χ2n) is 5.71. The molecular weight excluding hydrogens is 202 g/mol. The van der Waals surface area contributed by atoms with Crippen molar-refractivity contribution in [1.82, 2.24) is 5.32 Å². The molecule has 0 saturated heterocycles. The molecule has 1 rings (SSSR count). The van der Waals surface area contributed by atoms with Crippen LogP contribution in [0.3, 0.4) is 0 Å². The Morgan fingerprint density at radius 1 is 1.38 bits per heavy atom. The molecule has 0 amide bonds. The van der Waals surface area contributed by atoms with Crippen molar-refractivity contribution in [3.05, 3.63) is 0 Å². The SMILES string of the molecule is CCOC(=O)CC1(NC)CCCC(C)(C)C1. The Balaban J connectivity index is 2.66. The molecule has 0 aromatic rings. The van der Waals surface area contributed by atoms with Crippen molar-refractivity contribution in [3.8, 4) is 0 Å². The molecule has 0 aromatic carbocycles. The number of ether oxygens (including phenoxy) is 1. The van der Waals surface area contributed by atoms with Gasteiger partial charge in [-0.25, -0.2) is 0 Å². The van der Waals surface area contributed by atoms with E-state index >= 15 is 0 Å². The van der Waals surface area contributed by atoms with Gasteiger partial charge in [-0.3, -0.25) is 4.79 Å². The molecule has 1 N–H and O–H groups in total. The maximum Gasteiger partial charge on any atom is 0.307 e. The molecule has 3 nitrogen and oxygen atoms in total. The number of rotatable bonds is 4. The third kappa shape index (κ3) is 3.48. The van der Waals surface area contributed by atoms with Crippen LogP contribution in [-0.4, -0.2) is 25.2 Å². The van der Waals surface area contributed by atoms with E-state index in [1.807, 2.05) is 14.0 Å². The molecular formula is C13H25NO2. The van der Waals surface area contributed by atoms with Gasteiger partial charge in [-0.2, -0.15) is 0 Å². The van der Waals surface area contributed by atoms with E-state index in [1.54, 1.807) is 0 Å². The van der Waals surface area contributed by atoms with E-state index in [2.05, 4.69) is 19.2 Å². The smallest absolute Gasteiger partial charge is 0.307 e. The molecule has 0 aliphatic heterocycles. The zero-order chi connectivity index (χ0) is 12.2. The molecule has 3 heteroatoms. The van der Waals surface area contributed by atoms with Crippen LogP contribution < -0.4 is 5.32 Å². The molecule has 1 fully saturated rings. The lowest BCUT2D eigenvalue weighted by atomic mass is 9.67. The predicted octanol–water partition coefficient (Wildman–Crippen LogP) is 2.50. The first-order valence-corrected chi connectivity index (χ1v) is 6.28. The van der Waals surface area contributed by atoms with Gasteiger partial charge >= 0.3 is 5.97 Å². The summed E-state index contributed by atoms with van der Waals surface area (Å²) in [5, 5.41) is 3.36. The lowest BCUT2D eigenvalue weighted by molar-refractivity contribution is -0.145. The molecule has 16 heavy (non-hydrogen) atoms. The van der Waals surface area contributed by atoms with Gasteiger partial charge in [0.05, 0.1) is 13.0 Å². The fraction of sp³-hybridized carbons (Fsp3) is 0.923.